The molecular weight excluding hydrogens is 246 g/mol. The Morgan fingerprint density at radius 2 is 1.50 bits per heavy atom. The Balaban J connectivity index is 2.13. The minimum Gasteiger partial charge on any atom is -0.326 e. The fraction of sp³-hybridized carbons (Fsp3) is 0.0588. The summed E-state index contributed by atoms with van der Waals surface area (Å²) in [6.07, 6.45) is 7.28. The summed E-state index contributed by atoms with van der Waals surface area (Å²) in [6, 6.07) is 14.3. The second-order valence-electron chi connectivity index (χ2n) is 4.56. The number of pyridine rings is 2. The second kappa shape index (κ2) is 5.63. The number of aromatic nitrogens is 2. The first-order valence-corrected chi connectivity index (χ1v) is 6.52. The SMILES string of the molecule is NCc1ccc(-c2cccnc2)cc1-c1cccnc1. The van der Waals surface area contributed by atoms with Gasteiger partial charge in [0.2, 0.25) is 0 Å². The molecule has 0 fully saturated rings. The van der Waals surface area contributed by atoms with Gasteiger partial charge < -0.3 is 5.73 Å². The molecule has 3 aromatic rings. The van der Waals surface area contributed by atoms with Crippen LogP contribution in [-0.4, -0.2) is 9.97 Å². The van der Waals surface area contributed by atoms with Gasteiger partial charge >= 0.3 is 0 Å². The molecular formula is C17H15N3. The van der Waals surface area contributed by atoms with E-state index in [1.807, 2.05) is 24.5 Å². The molecule has 0 aliphatic carbocycles. The normalized spacial score (nSPS) is 10.4. The second-order valence-corrected chi connectivity index (χ2v) is 4.56. The van der Waals surface area contributed by atoms with Crippen LogP contribution >= 0.6 is 0 Å². The quantitative estimate of drug-likeness (QED) is 0.787. The van der Waals surface area contributed by atoms with Crippen LogP contribution in [0.25, 0.3) is 22.3 Å². The molecule has 2 aromatic heterocycles. The van der Waals surface area contributed by atoms with Gasteiger partial charge in [0.1, 0.15) is 0 Å². The first-order chi connectivity index (χ1) is 9.88. The summed E-state index contributed by atoms with van der Waals surface area (Å²) in [6.45, 7) is 0.511. The van der Waals surface area contributed by atoms with Crippen molar-refractivity contribution in [1.82, 2.24) is 9.97 Å². The molecule has 98 valence electrons. The van der Waals surface area contributed by atoms with Crippen molar-refractivity contribution in [1.29, 1.82) is 0 Å². The molecule has 0 saturated heterocycles. The molecule has 0 saturated carbocycles. The molecule has 2 N–H and O–H groups in total. The van der Waals surface area contributed by atoms with Crippen LogP contribution in [0, 0.1) is 0 Å². The van der Waals surface area contributed by atoms with Crippen LogP contribution in [0.2, 0.25) is 0 Å². The number of nitrogens with two attached hydrogens (primary N) is 1. The van der Waals surface area contributed by atoms with E-state index in [4.69, 9.17) is 5.73 Å². The topological polar surface area (TPSA) is 51.8 Å². The molecule has 0 bridgehead atoms. The van der Waals surface area contributed by atoms with Crippen molar-refractivity contribution < 1.29 is 0 Å². The summed E-state index contributed by atoms with van der Waals surface area (Å²) in [5.74, 6) is 0. The van der Waals surface area contributed by atoms with Gasteiger partial charge in [-0.3, -0.25) is 9.97 Å². The highest BCUT2D eigenvalue weighted by Crippen LogP contribution is 2.28. The largest absolute Gasteiger partial charge is 0.326 e. The van der Waals surface area contributed by atoms with Gasteiger partial charge in [-0.05, 0) is 34.9 Å². The Kier molecular flexibility index (Phi) is 3.52. The lowest BCUT2D eigenvalue weighted by molar-refractivity contribution is 1.07. The lowest BCUT2D eigenvalue weighted by Gasteiger charge is -2.10. The number of benzene rings is 1. The van der Waals surface area contributed by atoms with Crippen molar-refractivity contribution >= 4 is 0 Å². The lowest BCUT2D eigenvalue weighted by atomic mass is 9.96. The van der Waals surface area contributed by atoms with Crippen LogP contribution < -0.4 is 5.73 Å². The molecule has 0 amide bonds. The minimum absolute atomic E-state index is 0.511. The van der Waals surface area contributed by atoms with E-state index in [-0.39, 0.29) is 0 Å². The van der Waals surface area contributed by atoms with Gasteiger partial charge in [0.15, 0.2) is 0 Å². The maximum atomic E-state index is 5.84. The summed E-state index contributed by atoms with van der Waals surface area (Å²) in [5, 5.41) is 0. The van der Waals surface area contributed by atoms with E-state index in [0.29, 0.717) is 6.54 Å². The monoisotopic (exact) mass is 261 g/mol. The van der Waals surface area contributed by atoms with Crippen molar-refractivity contribution in [3.8, 4) is 22.3 Å². The molecule has 20 heavy (non-hydrogen) atoms. The standard InChI is InChI=1S/C17H15N3/c18-10-14-6-5-13(15-3-1-7-19-11-15)9-17(14)16-4-2-8-20-12-16/h1-9,11-12H,10,18H2. The van der Waals surface area contributed by atoms with Crippen molar-refractivity contribution in [3.63, 3.8) is 0 Å². The number of nitrogens with zero attached hydrogens (tertiary/aromatic N) is 2. The van der Waals surface area contributed by atoms with Gasteiger partial charge in [-0.2, -0.15) is 0 Å². The van der Waals surface area contributed by atoms with Crippen LogP contribution in [0.3, 0.4) is 0 Å². The smallest absolute Gasteiger partial charge is 0.0346 e. The van der Waals surface area contributed by atoms with Crippen molar-refractivity contribution in [2.45, 2.75) is 6.54 Å². The van der Waals surface area contributed by atoms with E-state index in [2.05, 4.69) is 40.3 Å². The maximum absolute atomic E-state index is 5.84. The maximum Gasteiger partial charge on any atom is 0.0346 e. The van der Waals surface area contributed by atoms with Crippen molar-refractivity contribution in [2.75, 3.05) is 0 Å². The van der Waals surface area contributed by atoms with E-state index in [9.17, 15) is 0 Å². The van der Waals surface area contributed by atoms with E-state index in [1.165, 1.54) is 0 Å². The van der Waals surface area contributed by atoms with Crippen LogP contribution in [0.4, 0.5) is 0 Å². The average Bonchev–Trinajstić information content (AvgIpc) is 2.56. The molecule has 0 spiro atoms. The van der Waals surface area contributed by atoms with E-state index < -0.39 is 0 Å². The van der Waals surface area contributed by atoms with Crippen molar-refractivity contribution in [3.05, 3.63) is 72.8 Å². The molecule has 2 heterocycles. The third-order valence-electron chi connectivity index (χ3n) is 3.30. The molecule has 3 rings (SSSR count). The zero-order valence-corrected chi connectivity index (χ0v) is 11.0. The molecule has 0 unspecified atom stereocenters. The number of hydrogen-bond donors (Lipinski definition) is 1. The van der Waals surface area contributed by atoms with Gasteiger partial charge in [0, 0.05) is 42.5 Å². The van der Waals surface area contributed by atoms with Crippen LogP contribution in [0.15, 0.2) is 67.3 Å². The Bertz CT molecular complexity index is 694. The molecule has 3 heteroatoms. The van der Waals surface area contributed by atoms with E-state index in [0.717, 1.165) is 27.8 Å². The minimum atomic E-state index is 0.511. The average molecular weight is 261 g/mol. The van der Waals surface area contributed by atoms with Crippen molar-refractivity contribution in [2.24, 2.45) is 5.73 Å². The zero-order chi connectivity index (χ0) is 13.8. The molecule has 0 atom stereocenters. The first-order valence-electron chi connectivity index (χ1n) is 6.52. The highest BCUT2D eigenvalue weighted by Gasteiger charge is 2.07. The summed E-state index contributed by atoms with van der Waals surface area (Å²) in [7, 11) is 0. The van der Waals surface area contributed by atoms with Crippen LogP contribution in [0.5, 0.6) is 0 Å². The molecule has 0 radical (unpaired) electrons. The number of rotatable bonds is 3. The first kappa shape index (κ1) is 12.5. The molecule has 1 aromatic carbocycles. The Morgan fingerprint density at radius 1 is 0.800 bits per heavy atom. The molecule has 0 aliphatic rings. The third-order valence-corrected chi connectivity index (χ3v) is 3.30. The van der Waals surface area contributed by atoms with E-state index >= 15 is 0 Å². The fourth-order valence-electron chi connectivity index (χ4n) is 2.26. The van der Waals surface area contributed by atoms with Crippen LogP contribution in [0.1, 0.15) is 5.56 Å². The van der Waals surface area contributed by atoms with Gasteiger partial charge in [0.25, 0.3) is 0 Å². The Morgan fingerprint density at radius 3 is 2.10 bits per heavy atom. The fourth-order valence-corrected chi connectivity index (χ4v) is 2.26. The number of hydrogen-bond acceptors (Lipinski definition) is 3. The van der Waals surface area contributed by atoms with Gasteiger partial charge in [-0.1, -0.05) is 24.3 Å². The van der Waals surface area contributed by atoms with Gasteiger partial charge in [-0.15, -0.1) is 0 Å². The highest BCUT2D eigenvalue weighted by atomic mass is 14.6. The summed E-state index contributed by atoms with van der Waals surface area (Å²) in [4.78, 5) is 8.35. The predicted molar refractivity (Wildman–Crippen MR) is 80.8 cm³/mol. The zero-order valence-electron chi connectivity index (χ0n) is 11.0. The van der Waals surface area contributed by atoms with Crippen LogP contribution in [-0.2, 0) is 6.54 Å². The van der Waals surface area contributed by atoms with Gasteiger partial charge in [0.05, 0.1) is 0 Å². The van der Waals surface area contributed by atoms with E-state index in [1.54, 1.807) is 12.4 Å². The Hall–Kier alpha value is -2.52. The molecule has 3 nitrogen and oxygen atoms in total. The predicted octanol–water partition coefficient (Wildman–Crippen LogP) is 3.27. The summed E-state index contributed by atoms with van der Waals surface area (Å²) < 4.78 is 0. The molecule has 0 aliphatic heterocycles. The Labute approximate surface area is 118 Å². The van der Waals surface area contributed by atoms with Gasteiger partial charge in [-0.25, -0.2) is 0 Å². The summed E-state index contributed by atoms with van der Waals surface area (Å²) in [5.41, 5.74) is 11.4. The lowest BCUT2D eigenvalue weighted by Crippen LogP contribution is -1.99. The highest BCUT2D eigenvalue weighted by molar-refractivity contribution is 5.74. The summed E-state index contributed by atoms with van der Waals surface area (Å²) >= 11 is 0. The third kappa shape index (κ3) is 2.44.